The van der Waals surface area contributed by atoms with Crippen molar-refractivity contribution in [3.05, 3.63) is 11.6 Å². The minimum absolute atomic E-state index is 0.181. The molecule has 0 bridgehead atoms. The van der Waals surface area contributed by atoms with Gasteiger partial charge in [0, 0.05) is 11.8 Å². The molecule has 4 aliphatic carbocycles. The van der Waals surface area contributed by atoms with Gasteiger partial charge < -0.3 is 15.6 Å². The highest BCUT2D eigenvalue weighted by atomic mass is 32.2. The fraction of sp³-hybridized carbons (Fsp3) is 0.906. The fourth-order valence-corrected chi connectivity index (χ4v) is 9.95. The van der Waals surface area contributed by atoms with Gasteiger partial charge in [-0.15, -0.1) is 0 Å². The van der Waals surface area contributed by atoms with E-state index in [0.29, 0.717) is 30.1 Å². The van der Waals surface area contributed by atoms with E-state index in [-0.39, 0.29) is 17.5 Å². The summed E-state index contributed by atoms with van der Waals surface area (Å²) in [6.45, 7) is 12.2. The maximum Gasteiger partial charge on any atom is 0.323 e. The number of carbonyl (C=O) groups is 1. The molecule has 0 radical (unpaired) electrons. The van der Waals surface area contributed by atoms with Gasteiger partial charge in [-0.05, 0) is 97.9 Å². The minimum atomic E-state index is -0.579. The lowest BCUT2D eigenvalue weighted by molar-refractivity contribution is -0.170. The summed E-state index contributed by atoms with van der Waals surface area (Å²) in [6.07, 6.45) is 16.1. The van der Waals surface area contributed by atoms with Crippen molar-refractivity contribution in [2.24, 2.45) is 52.1 Å². The molecule has 1 unspecified atom stereocenters. The van der Waals surface area contributed by atoms with E-state index >= 15 is 0 Å². The van der Waals surface area contributed by atoms with Crippen molar-refractivity contribution < 1.29 is 14.6 Å². The van der Waals surface area contributed by atoms with Gasteiger partial charge in [-0.2, -0.15) is 11.8 Å². The molecule has 0 heterocycles. The third kappa shape index (κ3) is 5.71. The van der Waals surface area contributed by atoms with Crippen LogP contribution in [0.4, 0.5) is 0 Å². The monoisotopic (exact) mass is 533 g/mol. The number of carbonyl (C=O) groups excluding carboxylic acids is 1. The quantitative estimate of drug-likeness (QED) is 0.234. The Morgan fingerprint density at radius 1 is 1.16 bits per heavy atom. The fourth-order valence-electron chi connectivity index (χ4n) is 9.46. The summed E-state index contributed by atoms with van der Waals surface area (Å²) in [5.41, 5.74) is 7.80. The van der Waals surface area contributed by atoms with Gasteiger partial charge in [0.25, 0.3) is 0 Å². The predicted octanol–water partition coefficient (Wildman–Crippen LogP) is 6.99. The molecule has 0 saturated heterocycles. The summed E-state index contributed by atoms with van der Waals surface area (Å²) in [6, 6.07) is -0.579. The van der Waals surface area contributed by atoms with E-state index < -0.39 is 12.1 Å². The molecular formula is C32H55NO3S. The van der Waals surface area contributed by atoms with Gasteiger partial charge >= 0.3 is 5.97 Å². The Bertz CT molecular complexity index is 829. The number of thioether (sulfide) groups is 1. The van der Waals surface area contributed by atoms with Crippen LogP contribution in [0.25, 0.3) is 0 Å². The third-order valence-electron chi connectivity index (χ3n) is 11.5. The number of allylic oxidation sites excluding steroid dienone is 1. The van der Waals surface area contributed by atoms with Crippen LogP contribution in [0.3, 0.4) is 0 Å². The maximum absolute atomic E-state index is 13.0. The molecule has 0 spiro atoms. The van der Waals surface area contributed by atoms with E-state index in [4.69, 9.17) is 10.5 Å². The van der Waals surface area contributed by atoms with Crippen LogP contribution >= 0.6 is 11.8 Å². The predicted molar refractivity (Wildman–Crippen MR) is 155 cm³/mol. The number of aliphatic hydroxyl groups is 1. The molecule has 4 nitrogen and oxygen atoms in total. The van der Waals surface area contributed by atoms with Crippen molar-refractivity contribution in [2.45, 2.75) is 123 Å². The third-order valence-corrected chi connectivity index (χ3v) is 12.2. The number of ether oxygens (including phenoxy) is 1. The highest BCUT2D eigenvalue weighted by Gasteiger charge is 2.61. The number of hydrogen-bond donors (Lipinski definition) is 2. The van der Waals surface area contributed by atoms with E-state index in [2.05, 4.69) is 40.7 Å². The second kappa shape index (κ2) is 11.9. The largest absolute Gasteiger partial charge is 0.460 e. The SMILES string of the molecule is CSCC[C@H](N)C(=O)OC1C[C@H](O)CC2=CC[C@H]3[C@@H]4CC[C@H]([C@H](C)CCCC(C)C)[C@@]4(C)CC[C@@H]3[C@]21C. The molecule has 0 aromatic heterocycles. The van der Waals surface area contributed by atoms with Crippen LogP contribution in [-0.2, 0) is 9.53 Å². The molecule has 3 saturated carbocycles. The van der Waals surface area contributed by atoms with Gasteiger partial charge in [-0.25, -0.2) is 0 Å². The number of rotatable bonds is 10. The van der Waals surface area contributed by atoms with Crippen molar-refractivity contribution in [1.29, 1.82) is 0 Å². The second-order valence-corrected chi connectivity index (χ2v) is 15.0. The first-order chi connectivity index (χ1) is 17.5. The Labute approximate surface area is 231 Å². The van der Waals surface area contributed by atoms with Crippen molar-refractivity contribution in [3.8, 4) is 0 Å². The summed E-state index contributed by atoms with van der Waals surface area (Å²) in [7, 11) is 0. The van der Waals surface area contributed by atoms with Crippen LogP contribution in [0, 0.1) is 46.3 Å². The van der Waals surface area contributed by atoms with Crippen molar-refractivity contribution in [2.75, 3.05) is 12.0 Å². The summed E-state index contributed by atoms with van der Waals surface area (Å²) < 4.78 is 6.23. The normalized spacial score (nSPS) is 40.8. The van der Waals surface area contributed by atoms with Crippen LogP contribution in [0.5, 0.6) is 0 Å². The number of fused-ring (bicyclic) bond motifs is 5. The van der Waals surface area contributed by atoms with Crippen LogP contribution in [0.15, 0.2) is 11.6 Å². The van der Waals surface area contributed by atoms with Crippen LogP contribution in [-0.4, -0.2) is 41.3 Å². The van der Waals surface area contributed by atoms with Gasteiger partial charge in [-0.3, -0.25) is 4.79 Å². The van der Waals surface area contributed by atoms with Crippen molar-refractivity contribution in [1.82, 2.24) is 0 Å². The Balaban J connectivity index is 1.52. The molecule has 4 rings (SSSR count). The maximum atomic E-state index is 13.0. The van der Waals surface area contributed by atoms with Crippen LogP contribution in [0.1, 0.15) is 105 Å². The second-order valence-electron chi connectivity index (χ2n) is 14.1. The number of esters is 1. The number of nitrogens with two attached hydrogens (primary N) is 1. The van der Waals surface area contributed by atoms with Gasteiger partial charge in [-0.1, -0.05) is 65.5 Å². The first kappa shape index (κ1) is 29.5. The molecule has 4 aliphatic rings. The summed E-state index contributed by atoms with van der Waals surface area (Å²) in [4.78, 5) is 13.0. The lowest BCUT2D eigenvalue weighted by Gasteiger charge is -2.60. The molecule has 37 heavy (non-hydrogen) atoms. The summed E-state index contributed by atoms with van der Waals surface area (Å²) >= 11 is 1.70. The molecule has 212 valence electrons. The molecular weight excluding hydrogens is 478 g/mol. The summed E-state index contributed by atoms with van der Waals surface area (Å²) in [5, 5.41) is 10.7. The van der Waals surface area contributed by atoms with E-state index in [1.54, 1.807) is 11.8 Å². The van der Waals surface area contributed by atoms with Gasteiger partial charge in [0.1, 0.15) is 12.1 Å². The van der Waals surface area contributed by atoms with Crippen LogP contribution in [0.2, 0.25) is 0 Å². The van der Waals surface area contributed by atoms with Crippen molar-refractivity contribution in [3.63, 3.8) is 0 Å². The van der Waals surface area contributed by atoms with E-state index in [1.165, 1.54) is 50.5 Å². The number of aliphatic hydroxyl groups excluding tert-OH is 1. The molecule has 5 heteroatoms. The molecule has 0 aliphatic heterocycles. The van der Waals surface area contributed by atoms with Gasteiger partial charge in [0.15, 0.2) is 0 Å². The Kier molecular flexibility index (Phi) is 9.49. The molecule has 0 aromatic rings. The van der Waals surface area contributed by atoms with Gasteiger partial charge in [0.2, 0.25) is 0 Å². The zero-order valence-electron chi connectivity index (χ0n) is 24.5. The van der Waals surface area contributed by atoms with Crippen molar-refractivity contribution >= 4 is 17.7 Å². The Hall–Kier alpha value is -0.520. The topological polar surface area (TPSA) is 72.6 Å². The molecule has 0 amide bonds. The summed E-state index contributed by atoms with van der Waals surface area (Å²) in [5.74, 6) is 4.94. The molecule has 3 fully saturated rings. The average molecular weight is 534 g/mol. The lowest BCUT2D eigenvalue weighted by Crippen LogP contribution is -2.57. The standard InChI is InChI=1S/C32H55NO3S/c1-20(2)8-7-9-21(3)25-12-13-26-24-11-10-22-18-23(34)19-29(36-30(35)28(33)15-17-37-6)32(22,5)27(24)14-16-31(25,26)4/h10,20-21,23-29,34H,7-9,11-19,33H2,1-6H3/t21-,23-,24+,25-,26+,27+,28+,29?,31-,32+/m1/s1. The molecule has 10 atom stereocenters. The smallest absolute Gasteiger partial charge is 0.323 e. The Morgan fingerprint density at radius 3 is 2.62 bits per heavy atom. The zero-order valence-corrected chi connectivity index (χ0v) is 25.3. The lowest BCUT2D eigenvalue weighted by atomic mass is 9.46. The van der Waals surface area contributed by atoms with E-state index in [9.17, 15) is 9.90 Å². The first-order valence-electron chi connectivity index (χ1n) is 15.3. The highest BCUT2D eigenvalue weighted by Crippen LogP contribution is 2.67. The molecule has 0 aromatic carbocycles. The number of hydrogen-bond acceptors (Lipinski definition) is 5. The Morgan fingerprint density at radius 2 is 1.92 bits per heavy atom. The minimum Gasteiger partial charge on any atom is -0.460 e. The first-order valence-corrected chi connectivity index (χ1v) is 16.7. The van der Waals surface area contributed by atoms with E-state index in [1.807, 2.05) is 6.26 Å². The molecule has 3 N–H and O–H groups in total. The zero-order chi connectivity index (χ0) is 27.0. The van der Waals surface area contributed by atoms with E-state index in [0.717, 1.165) is 42.3 Å². The average Bonchev–Trinajstić information content (AvgIpc) is 3.20. The van der Waals surface area contributed by atoms with Crippen LogP contribution < -0.4 is 5.73 Å². The van der Waals surface area contributed by atoms with Gasteiger partial charge in [0.05, 0.1) is 6.10 Å². The highest BCUT2D eigenvalue weighted by molar-refractivity contribution is 7.98.